The van der Waals surface area contributed by atoms with Crippen molar-refractivity contribution in [2.75, 3.05) is 0 Å². The van der Waals surface area contributed by atoms with Crippen LogP contribution in [-0.4, -0.2) is 15.4 Å². The Hall–Kier alpha value is -0.899. The van der Waals surface area contributed by atoms with E-state index in [0.29, 0.717) is 15.4 Å². The minimum absolute atomic E-state index is 0. The monoisotopic (exact) mass is 374 g/mol. The van der Waals surface area contributed by atoms with E-state index in [4.69, 9.17) is 5.73 Å². The summed E-state index contributed by atoms with van der Waals surface area (Å²) in [5.74, 6) is 0.310. The molecule has 1 radical (unpaired) electrons. The van der Waals surface area contributed by atoms with Crippen LogP contribution in [0.4, 0.5) is 0 Å². The standard InChI is InChI=1S/C9H13.C7H9Si.C4H7NO.Ti/c1-6-5-7(2)9(4)8(6)3;1-8-7-5-3-2-4-6-7;5-4(6)3-1-2-3;/h6H,1-4H3;2-6,8H,1H3;3H,1-2H2,(H2,5,6);/q-1;;;+2/p-1. The Morgan fingerprint density at radius 1 is 1.17 bits per heavy atom. The first kappa shape index (κ1) is 23.1. The molecule has 1 saturated carbocycles. The zero-order chi connectivity index (χ0) is 17.4. The Kier molecular flexibility index (Phi) is 11.2. The summed E-state index contributed by atoms with van der Waals surface area (Å²) < 4.78 is 0. The van der Waals surface area contributed by atoms with Crippen molar-refractivity contribution < 1.29 is 26.5 Å². The summed E-state index contributed by atoms with van der Waals surface area (Å²) >= 11 is 0. The van der Waals surface area contributed by atoms with E-state index in [-0.39, 0.29) is 33.5 Å². The molecular formula is C20H28NOSiTi. The van der Waals surface area contributed by atoms with Crippen LogP contribution in [0.2, 0.25) is 6.55 Å². The minimum Gasteiger partial charge on any atom is -0.668 e. The van der Waals surface area contributed by atoms with Crippen molar-refractivity contribution in [1.29, 1.82) is 0 Å². The first-order valence-corrected chi connectivity index (χ1v) is 9.97. The molecule has 2 aliphatic carbocycles. The molecule has 0 bridgehead atoms. The molecule has 0 aromatic heterocycles. The topological polar surface area (TPSA) is 40.9 Å². The first-order chi connectivity index (χ1) is 10.9. The fourth-order valence-electron chi connectivity index (χ4n) is 2.15. The van der Waals surface area contributed by atoms with Crippen LogP contribution in [0.3, 0.4) is 0 Å². The molecule has 2 aliphatic rings. The summed E-state index contributed by atoms with van der Waals surface area (Å²) in [6.45, 7) is 10.9. The molecule has 24 heavy (non-hydrogen) atoms. The maximum atomic E-state index is 9.87. The number of nitrogens with one attached hydrogen (secondary N) is 1. The average Bonchev–Trinajstić information content (AvgIpc) is 3.37. The van der Waals surface area contributed by atoms with Gasteiger partial charge in [-0.1, -0.05) is 68.8 Å². The zero-order valence-corrected chi connectivity index (χ0v) is 18.2. The number of allylic oxidation sites excluding steroid dienone is 4. The van der Waals surface area contributed by atoms with Crippen molar-refractivity contribution in [3.63, 3.8) is 0 Å². The molecule has 1 fully saturated rings. The molecule has 1 aromatic carbocycles. The van der Waals surface area contributed by atoms with Crippen molar-refractivity contribution in [2.45, 2.75) is 47.1 Å². The van der Waals surface area contributed by atoms with Gasteiger partial charge < -0.3 is 10.5 Å². The quantitative estimate of drug-likeness (QED) is 0.555. The molecule has 3 rings (SSSR count). The van der Waals surface area contributed by atoms with Gasteiger partial charge in [0.1, 0.15) is 0 Å². The molecular weight excluding hydrogens is 346 g/mol. The van der Waals surface area contributed by atoms with Gasteiger partial charge in [-0.25, -0.2) is 5.57 Å². The van der Waals surface area contributed by atoms with Gasteiger partial charge in [0, 0.05) is 5.92 Å². The average molecular weight is 374 g/mol. The van der Waals surface area contributed by atoms with E-state index in [0.717, 1.165) is 12.8 Å². The number of hydrogen-bond acceptors (Lipinski definition) is 1. The predicted octanol–water partition coefficient (Wildman–Crippen LogP) is 4.49. The molecule has 0 aliphatic heterocycles. The van der Waals surface area contributed by atoms with Gasteiger partial charge in [-0.3, -0.25) is 6.08 Å². The SMILES string of the molecule is CC1=[C-]C(C)C(C)=C1C.C[SiH]c1ccccc1.[NH-]C(=O)C1CC1.[Ti+2]. The van der Waals surface area contributed by atoms with E-state index in [1.165, 1.54) is 21.9 Å². The maximum absolute atomic E-state index is 9.87. The first-order valence-electron chi connectivity index (χ1n) is 8.24. The van der Waals surface area contributed by atoms with Crippen LogP contribution in [0, 0.1) is 17.9 Å². The number of rotatable bonds is 2. The number of carbonyl (C=O) groups excluding carboxylic acids is 1. The summed E-state index contributed by atoms with van der Waals surface area (Å²) in [6, 6.07) is 10.6. The van der Waals surface area contributed by atoms with E-state index in [1.807, 2.05) is 0 Å². The fourth-order valence-corrected chi connectivity index (χ4v) is 2.76. The Balaban J connectivity index is 0.000000330. The second kappa shape index (κ2) is 11.6. The number of benzene rings is 1. The summed E-state index contributed by atoms with van der Waals surface area (Å²) in [6.07, 6.45) is 5.28. The Bertz CT molecular complexity index is 577. The molecule has 1 aromatic rings. The molecule has 0 spiro atoms. The summed E-state index contributed by atoms with van der Waals surface area (Å²) in [5.41, 5.74) is 10.7. The van der Waals surface area contributed by atoms with Crippen molar-refractivity contribution in [1.82, 2.24) is 0 Å². The van der Waals surface area contributed by atoms with E-state index >= 15 is 0 Å². The molecule has 1 atom stereocenters. The maximum Gasteiger partial charge on any atom is 2.00 e. The summed E-state index contributed by atoms with van der Waals surface area (Å²) in [5, 5.41) is 1.49. The second-order valence-electron chi connectivity index (χ2n) is 6.14. The molecule has 127 valence electrons. The fraction of sp³-hybridized carbons (Fsp3) is 0.450. The van der Waals surface area contributed by atoms with Crippen molar-refractivity contribution >= 4 is 20.6 Å². The van der Waals surface area contributed by atoms with Gasteiger partial charge in [0.15, 0.2) is 0 Å². The minimum atomic E-state index is -0.380. The third-order valence-electron chi connectivity index (χ3n) is 4.32. The van der Waals surface area contributed by atoms with E-state index in [2.05, 4.69) is 70.6 Å². The molecule has 2 nitrogen and oxygen atoms in total. The molecule has 1 amide bonds. The van der Waals surface area contributed by atoms with Crippen molar-refractivity contribution in [3.05, 3.63) is 58.9 Å². The van der Waals surface area contributed by atoms with Gasteiger partial charge in [-0.2, -0.15) is 11.1 Å². The van der Waals surface area contributed by atoms with Crippen LogP contribution < -0.4 is 5.19 Å². The van der Waals surface area contributed by atoms with E-state index in [1.54, 1.807) is 0 Å². The third kappa shape index (κ3) is 8.27. The van der Waals surface area contributed by atoms with Crippen LogP contribution in [-0.2, 0) is 26.5 Å². The van der Waals surface area contributed by atoms with Gasteiger partial charge in [-0.15, -0.1) is 6.92 Å². The number of hydrogen-bond donors (Lipinski definition) is 0. The number of amides is 1. The number of carbonyl (C=O) groups is 1. The van der Waals surface area contributed by atoms with Crippen LogP contribution >= 0.6 is 0 Å². The summed E-state index contributed by atoms with van der Waals surface area (Å²) in [4.78, 5) is 9.87. The molecule has 0 heterocycles. The summed E-state index contributed by atoms with van der Waals surface area (Å²) in [7, 11) is 0.511. The van der Waals surface area contributed by atoms with Gasteiger partial charge >= 0.3 is 21.7 Å². The van der Waals surface area contributed by atoms with Crippen LogP contribution in [0.5, 0.6) is 0 Å². The van der Waals surface area contributed by atoms with Crippen LogP contribution in [0.15, 0.2) is 47.1 Å². The zero-order valence-electron chi connectivity index (χ0n) is 15.4. The largest absolute Gasteiger partial charge is 2.00 e. The van der Waals surface area contributed by atoms with Crippen molar-refractivity contribution in [2.24, 2.45) is 11.8 Å². The molecule has 4 heteroatoms. The second-order valence-corrected chi connectivity index (χ2v) is 7.38. The van der Waals surface area contributed by atoms with Crippen LogP contribution in [0.1, 0.15) is 40.5 Å². The Morgan fingerprint density at radius 2 is 1.71 bits per heavy atom. The smallest absolute Gasteiger partial charge is 0.668 e. The molecule has 1 N–H and O–H groups in total. The van der Waals surface area contributed by atoms with Gasteiger partial charge in [0.2, 0.25) is 0 Å². The Morgan fingerprint density at radius 3 is 1.88 bits per heavy atom. The third-order valence-corrected chi connectivity index (χ3v) is 5.37. The van der Waals surface area contributed by atoms with Gasteiger partial charge in [0.05, 0.1) is 15.4 Å². The predicted molar refractivity (Wildman–Crippen MR) is 101 cm³/mol. The normalized spacial score (nSPS) is 18.4. The molecule has 0 saturated heterocycles. The van der Waals surface area contributed by atoms with E-state index in [9.17, 15) is 4.79 Å². The van der Waals surface area contributed by atoms with Crippen molar-refractivity contribution in [3.8, 4) is 0 Å². The van der Waals surface area contributed by atoms with Gasteiger partial charge in [0.25, 0.3) is 0 Å². The van der Waals surface area contributed by atoms with Crippen LogP contribution in [0.25, 0.3) is 5.73 Å². The van der Waals surface area contributed by atoms with E-state index < -0.39 is 0 Å². The molecule has 1 unspecified atom stereocenters. The Labute approximate surface area is 164 Å². The van der Waals surface area contributed by atoms with Gasteiger partial charge in [-0.05, 0) is 12.8 Å².